The summed E-state index contributed by atoms with van der Waals surface area (Å²) < 4.78 is 0. The molecular formula is C30H44O2. The number of carbonyl (C=O) groups excluding carboxylic acids is 1. The first-order chi connectivity index (χ1) is 15.2. The van der Waals surface area contributed by atoms with Crippen molar-refractivity contribution in [2.45, 2.75) is 103 Å². The molecule has 0 aromatic heterocycles. The molecule has 5 rings (SSSR count). The van der Waals surface area contributed by atoms with Crippen LogP contribution < -0.4 is 0 Å². The highest BCUT2D eigenvalue weighted by molar-refractivity contribution is 5.79. The maximum Gasteiger partial charge on any atom is 0.133 e. The molecule has 9 atom stereocenters. The van der Waals surface area contributed by atoms with Crippen LogP contribution in [-0.4, -0.2) is 16.5 Å². The van der Waals surface area contributed by atoms with Crippen LogP contribution in [0, 0.1) is 40.4 Å². The fourth-order valence-corrected chi connectivity index (χ4v) is 9.64. The lowest BCUT2D eigenvalue weighted by Gasteiger charge is -2.62. The number of carbonyl (C=O) groups is 1. The van der Waals surface area contributed by atoms with E-state index < -0.39 is 5.60 Å². The second kappa shape index (κ2) is 7.97. The molecule has 32 heavy (non-hydrogen) atoms. The fourth-order valence-electron chi connectivity index (χ4n) is 9.64. The normalized spacial score (nSPS) is 46.6. The standard InChI is InChI=1S/C30H44O2/c1-20(22-8-6-5-7-9-22)18-30(32)17-16-28(3)23(19-30)10-11-24-26-13-12-25(21(2)31)29(26,4)15-14-27(24)28/h5-9,20,23-27,32H,10-19H2,1-4H3/t20?,23-,24+,25-,26+,27+,28+,29-,30+/m1/s1. The zero-order valence-corrected chi connectivity index (χ0v) is 20.8. The SMILES string of the molecule is CC(=O)[C@H]1CC[C@H]2[C@@H]3CC[C@@H]4C[C@@](O)(CC(C)c5ccccc5)CC[C@]4(C)[C@H]3CC[C@]12C. The Morgan fingerprint density at radius 2 is 1.69 bits per heavy atom. The first-order valence-electron chi connectivity index (χ1n) is 13.4. The van der Waals surface area contributed by atoms with Crippen molar-refractivity contribution >= 4 is 5.78 Å². The quantitative estimate of drug-likeness (QED) is 0.544. The third-order valence-corrected chi connectivity index (χ3v) is 11.4. The highest BCUT2D eigenvalue weighted by Crippen LogP contribution is 2.68. The summed E-state index contributed by atoms with van der Waals surface area (Å²) in [6.45, 7) is 9.15. The van der Waals surface area contributed by atoms with Crippen molar-refractivity contribution in [1.29, 1.82) is 0 Å². The number of ketones is 1. The predicted molar refractivity (Wildman–Crippen MR) is 130 cm³/mol. The van der Waals surface area contributed by atoms with Gasteiger partial charge in [0.2, 0.25) is 0 Å². The van der Waals surface area contributed by atoms with Gasteiger partial charge in [-0.3, -0.25) is 4.79 Å². The Morgan fingerprint density at radius 1 is 0.969 bits per heavy atom. The van der Waals surface area contributed by atoms with Crippen LogP contribution in [0.15, 0.2) is 30.3 Å². The van der Waals surface area contributed by atoms with E-state index in [-0.39, 0.29) is 5.41 Å². The minimum Gasteiger partial charge on any atom is -0.390 e. The molecule has 0 amide bonds. The van der Waals surface area contributed by atoms with Crippen LogP contribution in [0.25, 0.3) is 0 Å². The van der Waals surface area contributed by atoms with Crippen LogP contribution >= 0.6 is 0 Å². The first kappa shape index (κ1) is 22.6. The number of fused-ring (bicyclic) bond motifs is 5. The van der Waals surface area contributed by atoms with Crippen molar-refractivity contribution in [2.75, 3.05) is 0 Å². The number of aliphatic hydroxyl groups is 1. The third kappa shape index (κ3) is 3.51. The van der Waals surface area contributed by atoms with Crippen molar-refractivity contribution in [3.63, 3.8) is 0 Å². The van der Waals surface area contributed by atoms with Crippen LogP contribution in [0.1, 0.15) is 103 Å². The summed E-state index contributed by atoms with van der Waals surface area (Å²) in [6, 6.07) is 10.7. The van der Waals surface area contributed by atoms with E-state index in [0.29, 0.717) is 29.0 Å². The van der Waals surface area contributed by atoms with E-state index in [1.807, 2.05) is 6.92 Å². The van der Waals surface area contributed by atoms with Gasteiger partial charge in [-0.05, 0) is 117 Å². The second-order valence-electron chi connectivity index (χ2n) is 12.9. The molecule has 2 nitrogen and oxygen atoms in total. The zero-order valence-electron chi connectivity index (χ0n) is 20.8. The van der Waals surface area contributed by atoms with Gasteiger partial charge in [0, 0.05) is 5.92 Å². The van der Waals surface area contributed by atoms with Crippen LogP contribution in [0.5, 0.6) is 0 Å². The number of benzene rings is 1. The average Bonchev–Trinajstić information content (AvgIpc) is 3.12. The molecule has 0 saturated heterocycles. The first-order valence-corrected chi connectivity index (χ1v) is 13.4. The van der Waals surface area contributed by atoms with Crippen molar-refractivity contribution in [1.82, 2.24) is 0 Å². The van der Waals surface area contributed by atoms with Crippen LogP contribution in [0.2, 0.25) is 0 Å². The Bertz CT molecular complexity index is 848. The Labute approximate surface area is 195 Å². The maximum absolute atomic E-state index is 12.4. The molecule has 0 bridgehead atoms. The van der Waals surface area contributed by atoms with Crippen LogP contribution in [0.4, 0.5) is 0 Å². The summed E-state index contributed by atoms with van der Waals surface area (Å²) in [7, 11) is 0. The van der Waals surface area contributed by atoms with Gasteiger partial charge in [-0.2, -0.15) is 0 Å². The van der Waals surface area contributed by atoms with E-state index in [1.165, 1.54) is 44.1 Å². The van der Waals surface area contributed by atoms with Gasteiger partial charge in [-0.1, -0.05) is 51.1 Å². The largest absolute Gasteiger partial charge is 0.390 e. The number of hydrogen-bond donors (Lipinski definition) is 1. The van der Waals surface area contributed by atoms with Gasteiger partial charge in [-0.15, -0.1) is 0 Å². The van der Waals surface area contributed by atoms with Crippen LogP contribution in [0.3, 0.4) is 0 Å². The highest BCUT2D eigenvalue weighted by Gasteiger charge is 2.61. The second-order valence-corrected chi connectivity index (χ2v) is 12.9. The monoisotopic (exact) mass is 436 g/mol. The fraction of sp³-hybridized carbons (Fsp3) is 0.767. The minimum atomic E-state index is -0.511. The molecule has 0 spiro atoms. The van der Waals surface area contributed by atoms with Crippen LogP contribution in [-0.2, 0) is 4.79 Å². The lowest BCUT2D eigenvalue weighted by Crippen LogP contribution is -2.56. The summed E-state index contributed by atoms with van der Waals surface area (Å²) in [5, 5.41) is 11.7. The van der Waals surface area contributed by atoms with Gasteiger partial charge in [0.1, 0.15) is 5.78 Å². The van der Waals surface area contributed by atoms with E-state index in [4.69, 9.17) is 0 Å². The highest BCUT2D eigenvalue weighted by atomic mass is 16.3. The van der Waals surface area contributed by atoms with Crippen molar-refractivity contribution in [3.8, 4) is 0 Å². The van der Waals surface area contributed by atoms with Gasteiger partial charge in [0.15, 0.2) is 0 Å². The van der Waals surface area contributed by atoms with Gasteiger partial charge in [-0.25, -0.2) is 0 Å². The van der Waals surface area contributed by atoms with E-state index in [2.05, 4.69) is 51.1 Å². The Morgan fingerprint density at radius 3 is 2.41 bits per heavy atom. The Hall–Kier alpha value is -1.15. The van der Waals surface area contributed by atoms with E-state index in [0.717, 1.165) is 43.4 Å². The van der Waals surface area contributed by atoms with E-state index >= 15 is 0 Å². The average molecular weight is 437 g/mol. The van der Waals surface area contributed by atoms with Gasteiger partial charge >= 0.3 is 0 Å². The summed E-state index contributed by atoms with van der Waals surface area (Å²) >= 11 is 0. The summed E-state index contributed by atoms with van der Waals surface area (Å²) in [5.41, 5.74) is 1.46. The minimum absolute atomic E-state index is 0.247. The molecule has 1 aromatic carbocycles. The Balaban J connectivity index is 1.31. The maximum atomic E-state index is 12.4. The molecule has 4 aliphatic carbocycles. The van der Waals surface area contributed by atoms with Crippen molar-refractivity contribution in [3.05, 3.63) is 35.9 Å². The van der Waals surface area contributed by atoms with Gasteiger partial charge in [0.05, 0.1) is 5.60 Å². The number of hydrogen-bond acceptors (Lipinski definition) is 2. The predicted octanol–water partition coefficient (Wildman–Crippen LogP) is 7.16. The molecule has 4 aliphatic rings. The summed E-state index contributed by atoms with van der Waals surface area (Å²) in [4.78, 5) is 12.4. The smallest absolute Gasteiger partial charge is 0.133 e. The molecule has 0 radical (unpaired) electrons. The molecule has 4 fully saturated rings. The molecular weight excluding hydrogens is 392 g/mol. The number of Topliss-reactive ketones (excluding diaryl/α,β-unsaturated/α-hetero) is 1. The summed E-state index contributed by atoms with van der Waals surface area (Å²) in [5.74, 6) is 4.12. The van der Waals surface area contributed by atoms with Crippen molar-refractivity contribution < 1.29 is 9.90 Å². The zero-order chi connectivity index (χ0) is 22.7. The molecule has 1 N–H and O–H groups in total. The molecule has 2 heteroatoms. The van der Waals surface area contributed by atoms with E-state index in [9.17, 15) is 9.90 Å². The molecule has 0 heterocycles. The van der Waals surface area contributed by atoms with Gasteiger partial charge < -0.3 is 5.11 Å². The molecule has 176 valence electrons. The molecule has 0 aliphatic heterocycles. The molecule has 1 aromatic rings. The third-order valence-electron chi connectivity index (χ3n) is 11.4. The Kier molecular flexibility index (Phi) is 5.63. The summed E-state index contributed by atoms with van der Waals surface area (Å²) in [6.07, 6.45) is 11.5. The van der Waals surface area contributed by atoms with Crippen molar-refractivity contribution in [2.24, 2.45) is 40.4 Å². The molecule has 1 unspecified atom stereocenters. The van der Waals surface area contributed by atoms with Gasteiger partial charge in [0.25, 0.3) is 0 Å². The lowest BCUT2D eigenvalue weighted by molar-refractivity contribution is -0.155. The lowest BCUT2D eigenvalue weighted by atomic mass is 9.43. The topological polar surface area (TPSA) is 37.3 Å². The molecule has 4 saturated carbocycles. The number of rotatable bonds is 4. The van der Waals surface area contributed by atoms with E-state index in [1.54, 1.807) is 0 Å².